The minimum absolute atomic E-state index is 0.680. The lowest BCUT2D eigenvalue weighted by atomic mass is 9.90. The standard InChI is InChI=1S/C16H21N5/c1-2-12-15(18-10-19-16(12)21-17)20-14-9-5-7-11-6-3-4-8-13(11)14/h5,7,9-10H,2-4,6,8,17H2,1H3,(H2,18,19,20,21). The van der Waals surface area contributed by atoms with Gasteiger partial charge in [0.15, 0.2) is 0 Å². The number of hydrazine groups is 1. The molecule has 0 aliphatic heterocycles. The first-order valence-electron chi connectivity index (χ1n) is 7.51. The molecule has 3 rings (SSSR count). The molecule has 1 heterocycles. The zero-order chi connectivity index (χ0) is 14.7. The van der Waals surface area contributed by atoms with E-state index in [0.29, 0.717) is 5.82 Å². The zero-order valence-corrected chi connectivity index (χ0v) is 12.3. The van der Waals surface area contributed by atoms with E-state index in [-0.39, 0.29) is 0 Å². The predicted octanol–water partition coefficient (Wildman–Crippen LogP) is 2.95. The normalized spacial score (nSPS) is 13.6. The molecule has 0 spiro atoms. The number of aromatic nitrogens is 2. The Labute approximate surface area is 125 Å². The Balaban J connectivity index is 1.98. The van der Waals surface area contributed by atoms with E-state index in [1.807, 2.05) is 0 Å². The van der Waals surface area contributed by atoms with E-state index < -0.39 is 0 Å². The molecule has 0 bridgehead atoms. The van der Waals surface area contributed by atoms with Crippen LogP contribution in [-0.2, 0) is 19.3 Å². The molecule has 0 saturated heterocycles. The number of hydrogen-bond donors (Lipinski definition) is 3. The van der Waals surface area contributed by atoms with Crippen LogP contribution in [0, 0.1) is 0 Å². The minimum atomic E-state index is 0.680. The van der Waals surface area contributed by atoms with E-state index in [9.17, 15) is 0 Å². The summed E-state index contributed by atoms with van der Waals surface area (Å²) >= 11 is 0. The number of nitrogens with zero attached hydrogens (tertiary/aromatic N) is 2. The topological polar surface area (TPSA) is 75.9 Å². The third-order valence-corrected chi connectivity index (χ3v) is 4.08. The predicted molar refractivity (Wildman–Crippen MR) is 85.6 cm³/mol. The van der Waals surface area contributed by atoms with Crippen LogP contribution in [0.3, 0.4) is 0 Å². The van der Waals surface area contributed by atoms with Crippen molar-refractivity contribution in [2.24, 2.45) is 5.84 Å². The molecule has 5 nitrogen and oxygen atoms in total. The fourth-order valence-electron chi connectivity index (χ4n) is 3.01. The van der Waals surface area contributed by atoms with E-state index in [4.69, 9.17) is 5.84 Å². The maximum absolute atomic E-state index is 5.53. The number of hydrogen-bond acceptors (Lipinski definition) is 5. The monoisotopic (exact) mass is 283 g/mol. The molecule has 110 valence electrons. The molecule has 1 aliphatic rings. The van der Waals surface area contributed by atoms with Gasteiger partial charge in [0, 0.05) is 11.3 Å². The van der Waals surface area contributed by atoms with Gasteiger partial charge in [0.2, 0.25) is 0 Å². The van der Waals surface area contributed by atoms with Gasteiger partial charge in [-0.05, 0) is 49.3 Å². The van der Waals surface area contributed by atoms with Crippen LogP contribution in [0.4, 0.5) is 17.3 Å². The summed E-state index contributed by atoms with van der Waals surface area (Å²) in [5.74, 6) is 7.04. The van der Waals surface area contributed by atoms with Gasteiger partial charge in [0.25, 0.3) is 0 Å². The molecule has 1 aliphatic carbocycles. The molecule has 5 heteroatoms. The summed E-state index contributed by atoms with van der Waals surface area (Å²) < 4.78 is 0. The van der Waals surface area contributed by atoms with Crippen LogP contribution < -0.4 is 16.6 Å². The van der Waals surface area contributed by atoms with Gasteiger partial charge < -0.3 is 10.7 Å². The lowest BCUT2D eigenvalue weighted by Crippen LogP contribution is -2.13. The second-order valence-corrected chi connectivity index (χ2v) is 5.32. The number of aryl methyl sites for hydroxylation is 1. The van der Waals surface area contributed by atoms with Gasteiger partial charge in [-0.2, -0.15) is 0 Å². The Hall–Kier alpha value is -2.14. The van der Waals surface area contributed by atoms with Crippen molar-refractivity contribution in [3.8, 4) is 0 Å². The van der Waals surface area contributed by atoms with Crippen LogP contribution in [-0.4, -0.2) is 9.97 Å². The van der Waals surface area contributed by atoms with Crippen molar-refractivity contribution in [1.29, 1.82) is 0 Å². The van der Waals surface area contributed by atoms with Crippen LogP contribution in [0.15, 0.2) is 24.5 Å². The molecule has 21 heavy (non-hydrogen) atoms. The van der Waals surface area contributed by atoms with Crippen molar-refractivity contribution >= 4 is 17.3 Å². The molecule has 0 atom stereocenters. The van der Waals surface area contributed by atoms with E-state index in [1.165, 1.54) is 36.7 Å². The fourth-order valence-corrected chi connectivity index (χ4v) is 3.01. The zero-order valence-electron chi connectivity index (χ0n) is 12.3. The van der Waals surface area contributed by atoms with Crippen molar-refractivity contribution < 1.29 is 0 Å². The summed E-state index contributed by atoms with van der Waals surface area (Å²) in [5.41, 5.74) is 7.68. The third-order valence-electron chi connectivity index (χ3n) is 4.08. The number of nitrogen functional groups attached to an aromatic ring is 1. The summed E-state index contributed by atoms with van der Waals surface area (Å²) in [6, 6.07) is 6.47. The first-order valence-corrected chi connectivity index (χ1v) is 7.51. The van der Waals surface area contributed by atoms with Gasteiger partial charge in [0.05, 0.1) is 0 Å². The highest BCUT2D eigenvalue weighted by Gasteiger charge is 2.15. The molecule has 1 aromatic carbocycles. The van der Waals surface area contributed by atoms with Gasteiger partial charge >= 0.3 is 0 Å². The Morgan fingerprint density at radius 3 is 2.76 bits per heavy atom. The van der Waals surface area contributed by atoms with Crippen molar-refractivity contribution in [2.75, 3.05) is 10.7 Å². The molecular weight excluding hydrogens is 262 g/mol. The van der Waals surface area contributed by atoms with Crippen LogP contribution in [0.25, 0.3) is 0 Å². The van der Waals surface area contributed by atoms with Crippen molar-refractivity contribution in [3.05, 3.63) is 41.2 Å². The maximum atomic E-state index is 5.53. The largest absolute Gasteiger partial charge is 0.340 e. The Bertz CT molecular complexity index is 601. The molecule has 0 radical (unpaired) electrons. The molecule has 0 saturated carbocycles. The van der Waals surface area contributed by atoms with Crippen molar-refractivity contribution in [3.63, 3.8) is 0 Å². The Morgan fingerprint density at radius 1 is 1.14 bits per heavy atom. The summed E-state index contributed by atoms with van der Waals surface area (Å²) in [5, 5.41) is 3.48. The van der Waals surface area contributed by atoms with Crippen molar-refractivity contribution in [1.82, 2.24) is 9.97 Å². The van der Waals surface area contributed by atoms with E-state index in [1.54, 1.807) is 0 Å². The first-order chi connectivity index (χ1) is 10.3. The van der Waals surface area contributed by atoms with E-state index in [2.05, 4.69) is 45.8 Å². The Morgan fingerprint density at radius 2 is 1.95 bits per heavy atom. The summed E-state index contributed by atoms with van der Waals surface area (Å²) in [6.07, 6.45) is 7.19. The van der Waals surface area contributed by atoms with Gasteiger partial charge in [-0.15, -0.1) is 0 Å². The van der Waals surface area contributed by atoms with Gasteiger partial charge in [-0.3, -0.25) is 0 Å². The van der Waals surface area contributed by atoms with Gasteiger partial charge in [-0.1, -0.05) is 19.1 Å². The first kappa shape index (κ1) is 13.8. The number of nitrogens with one attached hydrogen (secondary N) is 2. The lowest BCUT2D eigenvalue weighted by molar-refractivity contribution is 0.687. The summed E-state index contributed by atoms with van der Waals surface area (Å²) in [6.45, 7) is 2.07. The number of fused-ring (bicyclic) bond motifs is 1. The highest BCUT2D eigenvalue weighted by atomic mass is 15.3. The lowest BCUT2D eigenvalue weighted by Gasteiger charge is -2.21. The van der Waals surface area contributed by atoms with E-state index >= 15 is 0 Å². The molecule has 4 N–H and O–H groups in total. The molecule has 0 unspecified atom stereocenters. The average molecular weight is 283 g/mol. The van der Waals surface area contributed by atoms with Crippen LogP contribution in [0.2, 0.25) is 0 Å². The Kier molecular flexibility index (Phi) is 4.01. The van der Waals surface area contributed by atoms with Crippen LogP contribution in [0.1, 0.15) is 36.5 Å². The second kappa shape index (κ2) is 6.10. The maximum Gasteiger partial charge on any atom is 0.148 e. The molecule has 1 aromatic heterocycles. The fraction of sp³-hybridized carbons (Fsp3) is 0.375. The van der Waals surface area contributed by atoms with E-state index in [0.717, 1.165) is 29.9 Å². The molecule has 0 amide bonds. The number of rotatable bonds is 4. The third kappa shape index (κ3) is 2.69. The second-order valence-electron chi connectivity index (χ2n) is 5.32. The van der Waals surface area contributed by atoms with Crippen LogP contribution in [0.5, 0.6) is 0 Å². The molecule has 2 aromatic rings. The molecular formula is C16H21N5. The summed E-state index contributed by atoms with van der Waals surface area (Å²) in [7, 11) is 0. The minimum Gasteiger partial charge on any atom is -0.340 e. The smallest absolute Gasteiger partial charge is 0.148 e. The highest BCUT2D eigenvalue weighted by molar-refractivity contribution is 5.68. The molecule has 0 fully saturated rings. The summed E-state index contributed by atoms with van der Waals surface area (Å²) in [4.78, 5) is 8.56. The van der Waals surface area contributed by atoms with Crippen LogP contribution >= 0.6 is 0 Å². The van der Waals surface area contributed by atoms with Gasteiger partial charge in [-0.25, -0.2) is 15.8 Å². The average Bonchev–Trinajstić information content (AvgIpc) is 2.55. The van der Waals surface area contributed by atoms with Gasteiger partial charge in [0.1, 0.15) is 18.0 Å². The number of nitrogens with two attached hydrogens (primary N) is 1. The van der Waals surface area contributed by atoms with Crippen molar-refractivity contribution in [2.45, 2.75) is 39.0 Å². The highest BCUT2D eigenvalue weighted by Crippen LogP contribution is 2.31. The number of benzene rings is 1. The quantitative estimate of drug-likeness (QED) is 0.594. The SMILES string of the molecule is CCc1c(NN)ncnc1Nc1cccc2c1CCCC2. The number of anilines is 3.